The Morgan fingerprint density at radius 1 is 1.00 bits per heavy atom. The molecule has 246 valence electrons. The van der Waals surface area contributed by atoms with Crippen LogP contribution in [-0.4, -0.2) is 40.6 Å². The van der Waals surface area contributed by atoms with Gasteiger partial charge >= 0.3 is 5.97 Å². The number of carbonyl (C=O) groups is 1. The van der Waals surface area contributed by atoms with E-state index in [-0.39, 0.29) is 12.2 Å². The quantitative estimate of drug-likeness (QED) is 0.159. The number of fused-ring (bicyclic) bond motifs is 1. The standard InChI is InChI=1S/C38H38N4O5S/c1-6-46-37(44)33-25(4)39-38-42(35(33)27-14-16-30(45-5)17-15-27)36(43)32(48-38)22-28-23-41(29-10-8-7-9-11-29)40-34(28)26-12-18-31(19-13-26)47-21-20-24(2)3/h7-19,22-24,35H,6,20-21H2,1-5H3/b32-22+/t35-/m1/s1. The van der Waals surface area contributed by atoms with Crippen molar-refractivity contribution in [1.82, 2.24) is 14.3 Å². The van der Waals surface area contributed by atoms with Crippen LogP contribution < -0.4 is 24.4 Å². The van der Waals surface area contributed by atoms with Gasteiger partial charge in [0.2, 0.25) is 0 Å². The lowest BCUT2D eigenvalue weighted by Gasteiger charge is -2.24. The van der Waals surface area contributed by atoms with E-state index in [2.05, 4.69) is 13.8 Å². The minimum Gasteiger partial charge on any atom is -0.497 e. The lowest BCUT2D eigenvalue weighted by atomic mass is 9.96. The van der Waals surface area contributed by atoms with Crippen LogP contribution in [0.2, 0.25) is 0 Å². The number of allylic oxidation sites excluding steroid dienone is 1. The molecule has 0 amide bonds. The number of carbonyl (C=O) groups excluding carboxylic acids is 1. The minimum absolute atomic E-state index is 0.203. The average molecular weight is 663 g/mol. The summed E-state index contributed by atoms with van der Waals surface area (Å²) in [6.07, 6.45) is 4.75. The molecule has 1 aliphatic rings. The molecule has 48 heavy (non-hydrogen) atoms. The van der Waals surface area contributed by atoms with E-state index in [1.54, 1.807) is 25.5 Å². The molecular formula is C38H38N4O5S. The van der Waals surface area contributed by atoms with Crippen LogP contribution in [-0.2, 0) is 9.53 Å². The number of hydrogen-bond acceptors (Lipinski definition) is 8. The van der Waals surface area contributed by atoms with Gasteiger partial charge in [0.05, 0.1) is 47.9 Å². The number of methoxy groups -OCH3 is 1. The van der Waals surface area contributed by atoms with Crippen LogP contribution in [0, 0.1) is 5.92 Å². The molecular weight excluding hydrogens is 625 g/mol. The maximum atomic E-state index is 14.3. The second-order valence-corrected chi connectivity index (χ2v) is 12.9. The van der Waals surface area contributed by atoms with Crippen LogP contribution in [0.15, 0.2) is 106 Å². The first kappa shape index (κ1) is 32.7. The summed E-state index contributed by atoms with van der Waals surface area (Å²) in [6, 6.07) is 24.3. The molecule has 0 bridgehead atoms. The third-order valence-electron chi connectivity index (χ3n) is 8.09. The van der Waals surface area contributed by atoms with E-state index in [0.29, 0.717) is 44.6 Å². The van der Waals surface area contributed by atoms with Gasteiger partial charge in [0.1, 0.15) is 17.2 Å². The van der Waals surface area contributed by atoms with Crippen molar-refractivity contribution in [2.45, 2.75) is 40.2 Å². The van der Waals surface area contributed by atoms with E-state index in [1.165, 1.54) is 11.3 Å². The summed E-state index contributed by atoms with van der Waals surface area (Å²) in [4.78, 5) is 32.8. The highest BCUT2D eigenvalue weighted by molar-refractivity contribution is 7.07. The molecule has 3 heterocycles. The van der Waals surface area contributed by atoms with E-state index in [0.717, 1.165) is 34.5 Å². The maximum absolute atomic E-state index is 14.3. The summed E-state index contributed by atoms with van der Waals surface area (Å²) in [5.74, 6) is 1.52. The molecule has 0 saturated heterocycles. The van der Waals surface area contributed by atoms with Gasteiger partial charge in [0, 0.05) is 17.3 Å². The molecule has 0 saturated carbocycles. The minimum atomic E-state index is -0.719. The molecule has 9 nitrogen and oxygen atoms in total. The molecule has 0 unspecified atom stereocenters. The summed E-state index contributed by atoms with van der Waals surface area (Å²) < 4.78 is 20.6. The van der Waals surface area contributed by atoms with Crippen molar-refractivity contribution in [3.05, 3.63) is 127 Å². The second kappa shape index (κ2) is 14.3. The van der Waals surface area contributed by atoms with Gasteiger partial charge in [-0.05, 0) is 86.4 Å². The van der Waals surface area contributed by atoms with E-state index in [4.69, 9.17) is 24.3 Å². The molecule has 0 aliphatic carbocycles. The lowest BCUT2D eigenvalue weighted by Crippen LogP contribution is -2.39. The Hall–Kier alpha value is -5.22. The Kier molecular flexibility index (Phi) is 9.72. The van der Waals surface area contributed by atoms with Crippen molar-refractivity contribution < 1.29 is 19.0 Å². The van der Waals surface area contributed by atoms with Gasteiger partial charge in [-0.2, -0.15) is 5.10 Å². The predicted molar refractivity (Wildman–Crippen MR) is 187 cm³/mol. The predicted octanol–water partition coefficient (Wildman–Crippen LogP) is 6.08. The van der Waals surface area contributed by atoms with Gasteiger partial charge in [0.25, 0.3) is 5.56 Å². The second-order valence-electron chi connectivity index (χ2n) is 11.8. The Balaban J connectivity index is 1.47. The van der Waals surface area contributed by atoms with Gasteiger partial charge in [-0.1, -0.05) is 55.5 Å². The van der Waals surface area contributed by atoms with Crippen molar-refractivity contribution in [3.63, 3.8) is 0 Å². The number of esters is 1. The molecule has 10 heteroatoms. The summed E-state index contributed by atoms with van der Waals surface area (Å²) in [6.45, 7) is 8.74. The molecule has 1 aliphatic heterocycles. The SMILES string of the molecule is CCOC(=O)C1=C(C)N=c2s/c(=C/c3cn(-c4ccccc4)nc3-c3ccc(OCCC(C)C)cc3)c(=O)n2[C@@H]1c1ccc(OC)cc1. The number of rotatable bonds is 11. The molecule has 0 spiro atoms. The van der Waals surface area contributed by atoms with Crippen molar-refractivity contribution in [2.75, 3.05) is 20.3 Å². The van der Waals surface area contributed by atoms with Crippen LogP contribution in [0.1, 0.15) is 51.3 Å². The monoisotopic (exact) mass is 662 g/mol. The summed E-state index contributed by atoms with van der Waals surface area (Å²) in [5, 5.41) is 4.96. The highest BCUT2D eigenvalue weighted by atomic mass is 32.1. The molecule has 2 aromatic heterocycles. The highest BCUT2D eigenvalue weighted by Gasteiger charge is 2.33. The number of benzene rings is 3. The first-order valence-corrected chi connectivity index (χ1v) is 16.8. The Bertz CT molecular complexity index is 2130. The lowest BCUT2D eigenvalue weighted by molar-refractivity contribution is -0.139. The molecule has 5 aromatic rings. The fourth-order valence-corrected chi connectivity index (χ4v) is 6.62. The van der Waals surface area contributed by atoms with E-state index in [9.17, 15) is 9.59 Å². The number of ether oxygens (including phenoxy) is 3. The van der Waals surface area contributed by atoms with Crippen LogP contribution in [0.3, 0.4) is 0 Å². The number of para-hydroxylation sites is 1. The first-order chi connectivity index (χ1) is 23.3. The van der Waals surface area contributed by atoms with Crippen LogP contribution in [0.5, 0.6) is 11.5 Å². The summed E-state index contributed by atoms with van der Waals surface area (Å²) in [5.41, 5.74) is 4.58. The van der Waals surface area contributed by atoms with E-state index in [1.807, 2.05) is 95.8 Å². The number of thiazole rings is 1. The van der Waals surface area contributed by atoms with Crippen molar-refractivity contribution in [2.24, 2.45) is 10.9 Å². The third kappa shape index (κ3) is 6.75. The normalized spacial score (nSPS) is 14.5. The fourth-order valence-electron chi connectivity index (χ4n) is 5.59. The summed E-state index contributed by atoms with van der Waals surface area (Å²) in [7, 11) is 1.59. The molecule has 6 rings (SSSR count). The molecule has 1 atom stereocenters. The molecule has 0 N–H and O–H groups in total. The Labute approximate surface area is 283 Å². The highest BCUT2D eigenvalue weighted by Crippen LogP contribution is 2.32. The topological polar surface area (TPSA) is 96.9 Å². The van der Waals surface area contributed by atoms with E-state index < -0.39 is 12.0 Å². The van der Waals surface area contributed by atoms with Crippen molar-refractivity contribution in [1.29, 1.82) is 0 Å². The zero-order valence-corrected chi connectivity index (χ0v) is 28.5. The Morgan fingerprint density at radius 3 is 2.38 bits per heavy atom. The van der Waals surface area contributed by atoms with Gasteiger partial charge in [0.15, 0.2) is 4.80 Å². The van der Waals surface area contributed by atoms with Crippen LogP contribution >= 0.6 is 11.3 Å². The number of nitrogens with zero attached hydrogens (tertiary/aromatic N) is 4. The van der Waals surface area contributed by atoms with Gasteiger partial charge in [-0.3, -0.25) is 9.36 Å². The first-order valence-electron chi connectivity index (χ1n) is 16.0. The molecule has 0 radical (unpaired) electrons. The van der Waals surface area contributed by atoms with Gasteiger partial charge in [-0.25, -0.2) is 14.5 Å². The number of aromatic nitrogens is 3. The van der Waals surface area contributed by atoms with Gasteiger partial charge < -0.3 is 14.2 Å². The van der Waals surface area contributed by atoms with Gasteiger partial charge in [-0.15, -0.1) is 0 Å². The zero-order chi connectivity index (χ0) is 33.8. The van der Waals surface area contributed by atoms with Crippen molar-refractivity contribution in [3.8, 4) is 28.4 Å². The smallest absolute Gasteiger partial charge is 0.338 e. The van der Waals surface area contributed by atoms with Crippen molar-refractivity contribution >= 4 is 23.4 Å². The van der Waals surface area contributed by atoms with Crippen LogP contribution in [0.25, 0.3) is 23.0 Å². The third-order valence-corrected chi connectivity index (χ3v) is 9.07. The fraction of sp³-hybridized carbons (Fsp3) is 0.263. The Morgan fingerprint density at radius 2 is 1.71 bits per heavy atom. The molecule has 3 aromatic carbocycles. The maximum Gasteiger partial charge on any atom is 0.338 e. The largest absolute Gasteiger partial charge is 0.497 e. The van der Waals surface area contributed by atoms with Crippen LogP contribution in [0.4, 0.5) is 0 Å². The summed E-state index contributed by atoms with van der Waals surface area (Å²) >= 11 is 1.28. The molecule has 0 fully saturated rings. The number of hydrogen-bond donors (Lipinski definition) is 0. The average Bonchev–Trinajstić information content (AvgIpc) is 3.65. The van der Waals surface area contributed by atoms with E-state index >= 15 is 0 Å². The zero-order valence-electron chi connectivity index (χ0n) is 27.7.